The van der Waals surface area contributed by atoms with Crippen LogP contribution in [-0.4, -0.2) is 19.1 Å². The van der Waals surface area contributed by atoms with Crippen LogP contribution in [0.25, 0.3) is 0 Å². The third kappa shape index (κ3) is 4.07. The van der Waals surface area contributed by atoms with Gasteiger partial charge in [-0.15, -0.1) is 0 Å². The van der Waals surface area contributed by atoms with Crippen molar-refractivity contribution in [1.29, 1.82) is 0 Å². The molecule has 94 valence electrons. The first kappa shape index (κ1) is 13.5. The molecule has 0 radical (unpaired) electrons. The zero-order chi connectivity index (χ0) is 12.9. The Morgan fingerprint density at radius 1 is 1.29 bits per heavy atom. The molecule has 0 spiro atoms. The fraction of sp³-hybridized carbons (Fsp3) is 0.462. The van der Waals surface area contributed by atoms with E-state index in [2.05, 4.69) is 31.4 Å². The smallest absolute Gasteiger partial charge is 0.319 e. The van der Waals surface area contributed by atoms with Gasteiger partial charge in [-0.3, -0.25) is 0 Å². The summed E-state index contributed by atoms with van der Waals surface area (Å²) in [5.41, 5.74) is 7.28. The highest BCUT2D eigenvalue weighted by atomic mass is 16.2. The number of nitrogens with two attached hydrogens (primary N) is 1. The van der Waals surface area contributed by atoms with Crippen LogP contribution in [0.3, 0.4) is 0 Å². The van der Waals surface area contributed by atoms with Gasteiger partial charge in [0.1, 0.15) is 0 Å². The monoisotopic (exact) mass is 235 g/mol. The molecule has 4 heteroatoms. The van der Waals surface area contributed by atoms with E-state index in [1.807, 2.05) is 24.3 Å². The summed E-state index contributed by atoms with van der Waals surface area (Å²) in [4.78, 5) is 11.6. The Balaban J connectivity index is 2.81. The first-order valence-electron chi connectivity index (χ1n) is 5.79. The number of urea groups is 1. The Morgan fingerprint density at radius 3 is 2.53 bits per heavy atom. The average Bonchev–Trinajstić information content (AvgIpc) is 2.25. The van der Waals surface area contributed by atoms with Gasteiger partial charge in [-0.25, -0.2) is 4.79 Å². The van der Waals surface area contributed by atoms with Gasteiger partial charge in [0.15, 0.2) is 0 Å². The molecule has 0 unspecified atom stereocenters. The van der Waals surface area contributed by atoms with Crippen LogP contribution in [0.1, 0.15) is 26.3 Å². The molecule has 0 heterocycles. The summed E-state index contributed by atoms with van der Waals surface area (Å²) in [6.07, 6.45) is 0. The van der Waals surface area contributed by atoms with E-state index in [1.54, 1.807) is 0 Å². The van der Waals surface area contributed by atoms with E-state index >= 15 is 0 Å². The number of benzene rings is 1. The van der Waals surface area contributed by atoms with Crippen molar-refractivity contribution in [3.8, 4) is 0 Å². The van der Waals surface area contributed by atoms with E-state index in [0.717, 1.165) is 11.3 Å². The van der Waals surface area contributed by atoms with E-state index in [-0.39, 0.29) is 11.4 Å². The van der Waals surface area contributed by atoms with Crippen molar-refractivity contribution < 1.29 is 4.79 Å². The number of rotatable bonds is 3. The van der Waals surface area contributed by atoms with Crippen molar-refractivity contribution in [2.24, 2.45) is 5.73 Å². The number of hydrogen-bond donors (Lipinski definition) is 3. The van der Waals surface area contributed by atoms with Crippen LogP contribution in [-0.2, 0) is 5.41 Å². The summed E-state index contributed by atoms with van der Waals surface area (Å²) in [5.74, 6) is 0. The molecule has 2 amide bonds. The van der Waals surface area contributed by atoms with Gasteiger partial charge in [-0.1, -0.05) is 39.0 Å². The molecule has 0 saturated heterocycles. The minimum Gasteiger partial charge on any atom is -0.337 e. The number of anilines is 1. The number of hydrogen-bond acceptors (Lipinski definition) is 2. The summed E-state index contributed by atoms with van der Waals surface area (Å²) in [5, 5.41) is 5.53. The molecule has 1 aromatic carbocycles. The maximum absolute atomic E-state index is 11.6. The third-order valence-corrected chi connectivity index (χ3v) is 2.41. The molecule has 0 aliphatic rings. The molecule has 4 N–H and O–H groups in total. The highest BCUT2D eigenvalue weighted by Gasteiger charge is 2.18. The van der Waals surface area contributed by atoms with Crippen LogP contribution in [0, 0.1) is 0 Å². The first-order valence-corrected chi connectivity index (χ1v) is 5.79. The number of carbonyl (C=O) groups is 1. The third-order valence-electron chi connectivity index (χ3n) is 2.41. The number of amides is 2. The quantitative estimate of drug-likeness (QED) is 0.750. The van der Waals surface area contributed by atoms with Crippen LogP contribution in [0.15, 0.2) is 24.3 Å². The molecule has 17 heavy (non-hydrogen) atoms. The molecule has 0 aliphatic carbocycles. The van der Waals surface area contributed by atoms with Crippen molar-refractivity contribution in [3.05, 3.63) is 29.8 Å². The minimum atomic E-state index is -0.216. The average molecular weight is 235 g/mol. The van der Waals surface area contributed by atoms with Crippen molar-refractivity contribution in [1.82, 2.24) is 5.32 Å². The molecule has 0 saturated carbocycles. The van der Waals surface area contributed by atoms with Gasteiger partial charge in [0, 0.05) is 18.8 Å². The molecule has 0 fully saturated rings. The summed E-state index contributed by atoms with van der Waals surface area (Å²) in [7, 11) is 0. The van der Waals surface area contributed by atoms with Gasteiger partial charge in [0.25, 0.3) is 0 Å². The van der Waals surface area contributed by atoms with Crippen molar-refractivity contribution in [3.63, 3.8) is 0 Å². The van der Waals surface area contributed by atoms with Crippen LogP contribution < -0.4 is 16.4 Å². The number of carbonyl (C=O) groups excluding carboxylic acids is 1. The molecule has 0 aromatic heterocycles. The second-order valence-electron chi connectivity index (χ2n) is 4.97. The highest BCUT2D eigenvalue weighted by molar-refractivity contribution is 5.90. The topological polar surface area (TPSA) is 67.2 Å². The number of nitrogens with one attached hydrogen (secondary N) is 2. The lowest BCUT2D eigenvalue weighted by atomic mass is 9.86. The predicted molar refractivity (Wildman–Crippen MR) is 71.2 cm³/mol. The summed E-state index contributed by atoms with van der Waals surface area (Å²) < 4.78 is 0. The van der Waals surface area contributed by atoms with Gasteiger partial charge in [0.2, 0.25) is 0 Å². The molecular formula is C13H21N3O. The minimum absolute atomic E-state index is 0.00224. The van der Waals surface area contributed by atoms with Crippen molar-refractivity contribution in [2.45, 2.75) is 26.2 Å². The van der Waals surface area contributed by atoms with Crippen LogP contribution in [0.4, 0.5) is 10.5 Å². The molecular weight excluding hydrogens is 214 g/mol. The van der Waals surface area contributed by atoms with Crippen LogP contribution in [0.5, 0.6) is 0 Å². The predicted octanol–water partition coefficient (Wildman–Crippen LogP) is 2.06. The maximum Gasteiger partial charge on any atom is 0.319 e. The zero-order valence-electron chi connectivity index (χ0n) is 10.7. The molecule has 0 aliphatic heterocycles. The second kappa shape index (κ2) is 5.68. The fourth-order valence-electron chi connectivity index (χ4n) is 1.60. The van der Waals surface area contributed by atoms with Crippen LogP contribution in [0.2, 0.25) is 0 Å². The lowest BCUT2D eigenvalue weighted by molar-refractivity contribution is 0.252. The zero-order valence-corrected chi connectivity index (χ0v) is 10.7. The molecule has 1 rings (SSSR count). The lowest BCUT2D eigenvalue weighted by Gasteiger charge is -2.23. The second-order valence-corrected chi connectivity index (χ2v) is 4.97. The standard InChI is InChI=1S/C13H21N3O/c1-13(2,3)10-6-4-5-7-11(10)16-12(17)15-9-8-14/h4-7H,8-9,14H2,1-3H3,(H2,15,16,17). The number of para-hydroxylation sites is 1. The van der Waals surface area contributed by atoms with Gasteiger partial charge in [-0.05, 0) is 17.0 Å². The lowest BCUT2D eigenvalue weighted by Crippen LogP contribution is -2.33. The van der Waals surface area contributed by atoms with Gasteiger partial charge < -0.3 is 16.4 Å². The summed E-state index contributed by atoms with van der Waals surface area (Å²) >= 11 is 0. The maximum atomic E-state index is 11.6. The van der Waals surface area contributed by atoms with E-state index < -0.39 is 0 Å². The van der Waals surface area contributed by atoms with E-state index in [9.17, 15) is 4.79 Å². The largest absolute Gasteiger partial charge is 0.337 e. The van der Waals surface area contributed by atoms with Crippen molar-refractivity contribution >= 4 is 11.7 Å². The van der Waals surface area contributed by atoms with Gasteiger partial charge in [-0.2, -0.15) is 0 Å². The Kier molecular flexibility index (Phi) is 4.52. The Hall–Kier alpha value is -1.55. The molecule has 1 aromatic rings. The molecule has 0 atom stereocenters. The first-order chi connectivity index (χ1) is 7.95. The van der Waals surface area contributed by atoms with Gasteiger partial charge >= 0.3 is 6.03 Å². The molecule has 0 bridgehead atoms. The normalized spacial score (nSPS) is 11.1. The summed E-state index contributed by atoms with van der Waals surface area (Å²) in [6, 6.07) is 7.60. The van der Waals surface area contributed by atoms with E-state index in [0.29, 0.717) is 13.1 Å². The SMILES string of the molecule is CC(C)(C)c1ccccc1NC(=O)NCCN. The van der Waals surface area contributed by atoms with E-state index in [1.165, 1.54) is 0 Å². The van der Waals surface area contributed by atoms with E-state index in [4.69, 9.17) is 5.73 Å². The van der Waals surface area contributed by atoms with Crippen molar-refractivity contribution in [2.75, 3.05) is 18.4 Å². The van der Waals surface area contributed by atoms with Crippen LogP contribution >= 0.6 is 0 Å². The molecule has 4 nitrogen and oxygen atoms in total. The van der Waals surface area contributed by atoms with Gasteiger partial charge in [0.05, 0.1) is 0 Å². The fourth-order valence-corrected chi connectivity index (χ4v) is 1.60. The Labute approximate surface area is 103 Å². The highest BCUT2D eigenvalue weighted by Crippen LogP contribution is 2.28. The Morgan fingerprint density at radius 2 is 1.94 bits per heavy atom. The Bertz CT molecular complexity index is 382. The summed E-state index contributed by atoms with van der Waals surface area (Å²) in [6.45, 7) is 7.26.